The molecule has 0 atom stereocenters. The lowest BCUT2D eigenvalue weighted by atomic mass is 10.1. The second-order valence-electron chi connectivity index (χ2n) is 6.61. The molecule has 1 aliphatic heterocycles. The van der Waals surface area contributed by atoms with Crippen molar-refractivity contribution in [3.05, 3.63) is 69.2 Å². The number of benzene rings is 2. The topological polar surface area (TPSA) is 20.0 Å². The Bertz CT molecular complexity index is 701. The van der Waals surface area contributed by atoms with Gasteiger partial charge in [0.1, 0.15) is 6.54 Å². The van der Waals surface area contributed by atoms with Gasteiger partial charge in [-0.2, -0.15) is 5.10 Å². The van der Waals surface area contributed by atoms with Crippen molar-refractivity contribution in [2.45, 2.75) is 20.4 Å². The molecular weight excluding hydrogens is 362 g/mol. The number of rotatable bonds is 4. The smallest absolute Gasteiger partial charge is 0.103 e. The fourth-order valence-electron chi connectivity index (χ4n) is 3.11. The first kappa shape index (κ1) is 17.2. The molecule has 2 aromatic carbocycles. The van der Waals surface area contributed by atoms with Crippen LogP contribution in [0, 0.1) is 13.8 Å². The van der Waals surface area contributed by atoms with Gasteiger partial charge in [0.2, 0.25) is 0 Å². The summed E-state index contributed by atoms with van der Waals surface area (Å²) in [7, 11) is 0. The summed E-state index contributed by atoms with van der Waals surface area (Å²) in [6, 6.07) is 15.1. The van der Waals surface area contributed by atoms with Gasteiger partial charge in [-0.15, -0.1) is 0 Å². The van der Waals surface area contributed by atoms with E-state index in [1.54, 1.807) is 4.90 Å². The van der Waals surface area contributed by atoms with Gasteiger partial charge in [-0.3, -0.25) is 5.01 Å². The minimum atomic E-state index is 1.02. The van der Waals surface area contributed by atoms with E-state index in [2.05, 4.69) is 70.2 Å². The summed E-state index contributed by atoms with van der Waals surface area (Å²) in [6.45, 7) is 9.83. The van der Waals surface area contributed by atoms with Crippen LogP contribution in [0.3, 0.4) is 0 Å². The second-order valence-corrected chi connectivity index (χ2v) is 7.52. The Hall–Kier alpha value is -1.65. The Morgan fingerprint density at radius 2 is 1.79 bits per heavy atom. The van der Waals surface area contributed by atoms with Crippen LogP contribution in [-0.2, 0) is 6.54 Å². The molecule has 0 amide bonds. The normalized spacial score (nSPS) is 16.0. The average molecular weight is 387 g/mol. The zero-order valence-corrected chi connectivity index (χ0v) is 16.0. The van der Waals surface area contributed by atoms with Crippen molar-refractivity contribution in [1.29, 1.82) is 0 Å². The van der Waals surface area contributed by atoms with E-state index in [1.807, 2.05) is 18.3 Å². The third-order valence-corrected chi connectivity index (χ3v) is 5.15. The Balaban J connectivity index is 1.51. The van der Waals surface area contributed by atoms with Gasteiger partial charge in [-0.05, 0) is 37.1 Å². The monoisotopic (exact) mass is 386 g/mol. The van der Waals surface area contributed by atoms with Gasteiger partial charge < -0.3 is 4.90 Å². The molecule has 0 radical (unpaired) electrons. The van der Waals surface area contributed by atoms with Crippen LogP contribution in [0.15, 0.2) is 52.0 Å². The highest BCUT2D eigenvalue weighted by molar-refractivity contribution is 9.10. The molecule has 0 spiro atoms. The van der Waals surface area contributed by atoms with Gasteiger partial charge in [-0.25, -0.2) is 0 Å². The first-order chi connectivity index (χ1) is 11.6. The van der Waals surface area contributed by atoms with Crippen LogP contribution in [-0.4, -0.2) is 37.4 Å². The molecule has 0 aromatic heterocycles. The summed E-state index contributed by atoms with van der Waals surface area (Å²) < 4.78 is 1.10. The lowest BCUT2D eigenvalue weighted by molar-refractivity contribution is -0.918. The summed E-state index contributed by atoms with van der Waals surface area (Å²) in [6.07, 6.45) is 1.96. The van der Waals surface area contributed by atoms with Gasteiger partial charge in [0.25, 0.3) is 0 Å². The molecule has 1 fully saturated rings. The Morgan fingerprint density at radius 3 is 2.46 bits per heavy atom. The molecule has 0 saturated carbocycles. The molecule has 3 rings (SSSR count). The molecule has 2 aromatic rings. The zero-order chi connectivity index (χ0) is 16.9. The van der Waals surface area contributed by atoms with Gasteiger partial charge in [0.05, 0.1) is 32.4 Å². The molecule has 0 unspecified atom stereocenters. The summed E-state index contributed by atoms with van der Waals surface area (Å²) in [5.41, 5.74) is 5.38. The Labute approximate surface area is 153 Å². The van der Waals surface area contributed by atoms with Crippen LogP contribution < -0.4 is 4.90 Å². The van der Waals surface area contributed by atoms with Crippen molar-refractivity contribution in [2.75, 3.05) is 26.2 Å². The van der Waals surface area contributed by atoms with Crippen LogP contribution in [0.1, 0.15) is 22.3 Å². The maximum absolute atomic E-state index is 4.63. The number of piperazine rings is 1. The molecule has 1 heterocycles. The number of halogens is 1. The van der Waals surface area contributed by atoms with Gasteiger partial charge in [0, 0.05) is 10.0 Å². The Kier molecular flexibility index (Phi) is 5.69. The zero-order valence-electron chi connectivity index (χ0n) is 14.4. The quantitative estimate of drug-likeness (QED) is 0.800. The number of hydrogen-bond donors (Lipinski definition) is 1. The lowest BCUT2D eigenvalue weighted by Crippen LogP contribution is -3.13. The van der Waals surface area contributed by atoms with Crippen molar-refractivity contribution in [1.82, 2.24) is 5.01 Å². The summed E-state index contributed by atoms with van der Waals surface area (Å²) in [5.74, 6) is 0. The fourth-order valence-corrected chi connectivity index (χ4v) is 3.38. The van der Waals surface area contributed by atoms with E-state index in [4.69, 9.17) is 0 Å². The number of quaternary nitrogens is 1. The number of hydrogen-bond acceptors (Lipinski definition) is 2. The van der Waals surface area contributed by atoms with Crippen LogP contribution in [0.5, 0.6) is 0 Å². The molecule has 3 nitrogen and oxygen atoms in total. The first-order valence-corrected chi connectivity index (χ1v) is 9.33. The van der Waals surface area contributed by atoms with Crippen molar-refractivity contribution >= 4 is 22.1 Å². The number of hydrazone groups is 1. The van der Waals surface area contributed by atoms with E-state index in [-0.39, 0.29) is 0 Å². The molecule has 24 heavy (non-hydrogen) atoms. The molecule has 0 aliphatic carbocycles. The van der Waals surface area contributed by atoms with E-state index >= 15 is 0 Å². The number of nitrogens with zero attached hydrogens (tertiary/aromatic N) is 2. The Morgan fingerprint density at radius 1 is 1.08 bits per heavy atom. The van der Waals surface area contributed by atoms with Gasteiger partial charge in [0.15, 0.2) is 0 Å². The molecule has 1 aliphatic rings. The first-order valence-electron chi connectivity index (χ1n) is 8.54. The largest absolute Gasteiger partial charge is 0.328 e. The third kappa shape index (κ3) is 4.68. The molecule has 4 heteroatoms. The van der Waals surface area contributed by atoms with Crippen LogP contribution in [0.25, 0.3) is 0 Å². The van der Waals surface area contributed by atoms with Gasteiger partial charge in [-0.1, -0.05) is 51.8 Å². The van der Waals surface area contributed by atoms with Crippen molar-refractivity contribution in [3.63, 3.8) is 0 Å². The summed E-state index contributed by atoms with van der Waals surface area (Å²) in [5, 5.41) is 6.82. The summed E-state index contributed by atoms with van der Waals surface area (Å²) >= 11 is 3.46. The van der Waals surface area contributed by atoms with E-state index in [1.165, 1.54) is 16.7 Å². The van der Waals surface area contributed by atoms with Crippen molar-refractivity contribution in [2.24, 2.45) is 5.10 Å². The third-order valence-electron chi connectivity index (χ3n) is 4.63. The van der Waals surface area contributed by atoms with E-state index in [9.17, 15) is 0 Å². The minimum Gasteiger partial charge on any atom is -0.328 e. The van der Waals surface area contributed by atoms with E-state index in [0.29, 0.717) is 0 Å². The lowest BCUT2D eigenvalue weighted by Gasteiger charge is -2.30. The molecule has 1 N–H and O–H groups in total. The maximum atomic E-state index is 4.63. The molecule has 0 bridgehead atoms. The second kappa shape index (κ2) is 7.95. The maximum Gasteiger partial charge on any atom is 0.103 e. The predicted molar refractivity (Wildman–Crippen MR) is 104 cm³/mol. The highest BCUT2D eigenvalue weighted by Gasteiger charge is 2.19. The molecular formula is C20H25BrN3+. The molecule has 1 saturated heterocycles. The van der Waals surface area contributed by atoms with Crippen LogP contribution in [0.2, 0.25) is 0 Å². The van der Waals surface area contributed by atoms with Crippen LogP contribution >= 0.6 is 15.9 Å². The number of nitrogens with one attached hydrogen (secondary N) is 1. The minimum absolute atomic E-state index is 1.02. The van der Waals surface area contributed by atoms with Crippen LogP contribution in [0.4, 0.5) is 0 Å². The SMILES string of the molecule is Cc1ccc(C[NH+]2CCN(/N=C/c3ccc(Br)cc3)CC2)c(C)c1. The standard InChI is InChI=1S/C20H24BrN3/c1-16-3-6-19(17(2)13-16)15-23-9-11-24(12-10-23)22-14-18-4-7-20(21)8-5-18/h3-8,13-14H,9-12,15H2,1-2H3/p+1/b22-14+. The van der Waals surface area contributed by atoms with Crippen molar-refractivity contribution < 1.29 is 4.90 Å². The molecule has 126 valence electrons. The number of aryl methyl sites for hydroxylation is 2. The van der Waals surface area contributed by atoms with Gasteiger partial charge >= 0.3 is 0 Å². The van der Waals surface area contributed by atoms with E-state index < -0.39 is 0 Å². The highest BCUT2D eigenvalue weighted by atomic mass is 79.9. The fraction of sp³-hybridized carbons (Fsp3) is 0.350. The summed E-state index contributed by atoms with van der Waals surface area (Å²) in [4.78, 5) is 1.65. The van der Waals surface area contributed by atoms with E-state index in [0.717, 1.165) is 42.8 Å². The van der Waals surface area contributed by atoms with Crippen molar-refractivity contribution in [3.8, 4) is 0 Å². The predicted octanol–water partition coefficient (Wildman–Crippen LogP) is 2.80. The highest BCUT2D eigenvalue weighted by Crippen LogP contribution is 2.10. The average Bonchev–Trinajstić information content (AvgIpc) is 2.58.